The fourth-order valence-electron chi connectivity index (χ4n) is 4.91. The number of benzene rings is 3. The van der Waals surface area contributed by atoms with E-state index in [2.05, 4.69) is 4.72 Å². The van der Waals surface area contributed by atoms with E-state index in [1.54, 1.807) is 36.3 Å². The van der Waals surface area contributed by atoms with Crippen molar-refractivity contribution in [2.24, 2.45) is 5.92 Å². The maximum absolute atomic E-state index is 13.9. The number of anilines is 3. The van der Waals surface area contributed by atoms with Crippen LogP contribution in [-0.4, -0.2) is 53.1 Å². The highest BCUT2D eigenvalue weighted by molar-refractivity contribution is 7.92. The SMILES string of the molecule is CCN(C(=O)c1ccc(NS(C)(=O)=O)cc1N1CCC(C(=O)c2ccc(F)cc2)CC1)c1ccccc1OC. The van der Waals surface area contributed by atoms with Gasteiger partial charge in [0, 0.05) is 31.1 Å². The highest BCUT2D eigenvalue weighted by Crippen LogP contribution is 2.34. The number of nitrogens with zero attached hydrogens (tertiary/aromatic N) is 2. The summed E-state index contributed by atoms with van der Waals surface area (Å²) in [5, 5.41) is 0. The molecule has 1 aliphatic rings. The number of amides is 1. The quantitative estimate of drug-likeness (QED) is 0.376. The third kappa shape index (κ3) is 6.57. The van der Waals surface area contributed by atoms with E-state index >= 15 is 0 Å². The molecule has 39 heavy (non-hydrogen) atoms. The zero-order valence-electron chi connectivity index (χ0n) is 22.2. The van der Waals surface area contributed by atoms with Crippen LogP contribution >= 0.6 is 0 Å². The highest BCUT2D eigenvalue weighted by Gasteiger charge is 2.30. The Kier molecular flexibility index (Phi) is 8.54. The van der Waals surface area contributed by atoms with Crippen LogP contribution in [0.5, 0.6) is 5.75 Å². The van der Waals surface area contributed by atoms with Gasteiger partial charge < -0.3 is 14.5 Å². The van der Waals surface area contributed by atoms with Crippen molar-refractivity contribution in [3.05, 3.63) is 83.7 Å². The van der Waals surface area contributed by atoms with Gasteiger partial charge in [0.25, 0.3) is 5.91 Å². The summed E-state index contributed by atoms with van der Waals surface area (Å²) < 4.78 is 45.1. The van der Waals surface area contributed by atoms with Crippen molar-refractivity contribution < 1.29 is 27.1 Å². The first kappa shape index (κ1) is 28.1. The lowest BCUT2D eigenvalue weighted by Crippen LogP contribution is -2.38. The fraction of sp³-hybridized carbons (Fsp3) is 0.310. The first-order valence-electron chi connectivity index (χ1n) is 12.7. The van der Waals surface area contributed by atoms with Crippen molar-refractivity contribution in [1.29, 1.82) is 0 Å². The van der Waals surface area contributed by atoms with E-state index in [0.29, 0.717) is 66.4 Å². The van der Waals surface area contributed by atoms with Gasteiger partial charge in [-0.2, -0.15) is 0 Å². The number of halogens is 1. The van der Waals surface area contributed by atoms with Crippen molar-refractivity contribution in [3.8, 4) is 5.75 Å². The predicted octanol–water partition coefficient (Wildman–Crippen LogP) is 4.97. The Hall–Kier alpha value is -3.92. The molecule has 0 radical (unpaired) electrons. The van der Waals surface area contributed by atoms with Crippen molar-refractivity contribution in [2.75, 3.05) is 47.5 Å². The Morgan fingerprint density at radius 1 is 1.05 bits per heavy atom. The lowest BCUT2D eigenvalue weighted by atomic mass is 9.88. The summed E-state index contributed by atoms with van der Waals surface area (Å²) in [5.74, 6) is -0.358. The summed E-state index contributed by atoms with van der Waals surface area (Å²) in [4.78, 5) is 30.5. The van der Waals surface area contributed by atoms with Crippen LogP contribution in [0.3, 0.4) is 0 Å². The molecular weight excluding hydrogens is 521 g/mol. The Morgan fingerprint density at radius 2 is 1.72 bits per heavy atom. The molecule has 1 fully saturated rings. The molecule has 0 spiro atoms. The molecule has 1 saturated heterocycles. The Balaban J connectivity index is 1.64. The van der Waals surface area contributed by atoms with Crippen LogP contribution in [0.15, 0.2) is 66.7 Å². The van der Waals surface area contributed by atoms with Crippen LogP contribution in [0.2, 0.25) is 0 Å². The van der Waals surface area contributed by atoms with Crippen molar-refractivity contribution in [1.82, 2.24) is 0 Å². The maximum Gasteiger partial charge on any atom is 0.260 e. The van der Waals surface area contributed by atoms with Crippen molar-refractivity contribution in [2.45, 2.75) is 19.8 Å². The Labute approximate surface area is 228 Å². The van der Waals surface area contributed by atoms with Crippen molar-refractivity contribution in [3.63, 3.8) is 0 Å². The minimum Gasteiger partial charge on any atom is -0.495 e. The first-order chi connectivity index (χ1) is 18.6. The second-order valence-electron chi connectivity index (χ2n) is 9.46. The van der Waals surface area contributed by atoms with Gasteiger partial charge in [-0.1, -0.05) is 12.1 Å². The lowest BCUT2D eigenvalue weighted by Gasteiger charge is -2.35. The van der Waals surface area contributed by atoms with E-state index in [4.69, 9.17) is 4.74 Å². The van der Waals surface area contributed by atoms with Gasteiger partial charge >= 0.3 is 0 Å². The van der Waals surface area contributed by atoms with Gasteiger partial charge in [0.2, 0.25) is 10.0 Å². The number of rotatable bonds is 9. The van der Waals surface area contributed by atoms with Gasteiger partial charge in [-0.15, -0.1) is 0 Å². The fourth-order valence-corrected chi connectivity index (χ4v) is 5.46. The number of piperidine rings is 1. The number of ether oxygens (including phenoxy) is 1. The van der Waals surface area contributed by atoms with Crippen LogP contribution < -0.4 is 19.3 Å². The molecule has 0 saturated carbocycles. The highest BCUT2D eigenvalue weighted by atomic mass is 32.2. The molecule has 0 aliphatic carbocycles. The number of carbonyl (C=O) groups is 2. The molecule has 206 valence electrons. The summed E-state index contributed by atoms with van der Waals surface area (Å²) in [6, 6.07) is 17.7. The van der Waals surface area contributed by atoms with Gasteiger partial charge in [-0.25, -0.2) is 12.8 Å². The molecule has 3 aromatic rings. The molecule has 10 heteroatoms. The second kappa shape index (κ2) is 11.9. The molecule has 0 unspecified atom stereocenters. The van der Waals surface area contributed by atoms with E-state index in [1.807, 2.05) is 30.0 Å². The molecule has 0 bridgehead atoms. The van der Waals surface area contributed by atoms with Crippen LogP contribution in [-0.2, 0) is 10.0 Å². The Bertz CT molecular complexity index is 1450. The van der Waals surface area contributed by atoms with Crippen LogP contribution in [0.4, 0.5) is 21.5 Å². The molecule has 3 aromatic carbocycles. The van der Waals surface area contributed by atoms with Crippen molar-refractivity contribution >= 4 is 38.8 Å². The average molecular weight is 554 g/mol. The number of nitrogens with one attached hydrogen (secondary N) is 1. The minimum absolute atomic E-state index is 0.0354. The largest absolute Gasteiger partial charge is 0.495 e. The molecule has 1 heterocycles. The van der Waals surface area contributed by atoms with E-state index in [9.17, 15) is 22.4 Å². The topological polar surface area (TPSA) is 96.0 Å². The summed E-state index contributed by atoms with van der Waals surface area (Å²) in [6.45, 7) is 3.23. The van der Waals surface area contributed by atoms with E-state index in [0.717, 1.165) is 6.26 Å². The standard InChI is InChI=1S/C29H32FN3O5S/c1-4-33(25-7-5-6-8-27(25)38-2)29(35)24-14-13-23(31-39(3,36)37)19-26(24)32-17-15-21(16-18-32)28(34)20-9-11-22(30)12-10-20/h5-14,19,21,31H,4,15-18H2,1-3H3. The zero-order chi connectivity index (χ0) is 28.2. The number of methoxy groups -OCH3 is 1. The van der Waals surface area contributed by atoms with Gasteiger partial charge in [0.15, 0.2) is 5.78 Å². The summed E-state index contributed by atoms with van der Waals surface area (Å²) in [6.07, 6.45) is 2.15. The maximum atomic E-state index is 13.9. The monoisotopic (exact) mass is 553 g/mol. The zero-order valence-corrected chi connectivity index (χ0v) is 23.0. The van der Waals surface area contributed by atoms with Gasteiger partial charge in [0.05, 0.1) is 36.0 Å². The number of para-hydroxylation sites is 2. The smallest absolute Gasteiger partial charge is 0.260 e. The predicted molar refractivity (Wildman–Crippen MR) is 151 cm³/mol. The molecule has 0 aromatic heterocycles. The molecule has 1 N–H and O–H groups in total. The number of ketones is 1. The average Bonchev–Trinajstić information content (AvgIpc) is 2.93. The Morgan fingerprint density at radius 3 is 2.33 bits per heavy atom. The molecule has 1 aliphatic heterocycles. The van der Waals surface area contributed by atoms with E-state index in [-0.39, 0.29) is 17.6 Å². The third-order valence-electron chi connectivity index (χ3n) is 6.80. The van der Waals surface area contributed by atoms with E-state index in [1.165, 1.54) is 24.3 Å². The van der Waals surface area contributed by atoms with Crippen LogP contribution in [0.25, 0.3) is 0 Å². The number of hydrogen-bond donors (Lipinski definition) is 1. The second-order valence-corrected chi connectivity index (χ2v) is 11.2. The lowest BCUT2D eigenvalue weighted by molar-refractivity contribution is 0.0899. The third-order valence-corrected chi connectivity index (χ3v) is 7.41. The normalized spacial score (nSPS) is 14.1. The number of Topliss-reactive ketones (excluding diaryl/α,β-unsaturated/α-hetero) is 1. The van der Waals surface area contributed by atoms with Crippen LogP contribution in [0.1, 0.15) is 40.5 Å². The summed E-state index contributed by atoms with van der Waals surface area (Å²) >= 11 is 0. The molecule has 0 atom stereocenters. The van der Waals surface area contributed by atoms with Gasteiger partial charge in [0.1, 0.15) is 11.6 Å². The van der Waals surface area contributed by atoms with Gasteiger partial charge in [-0.3, -0.25) is 14.3 Å². The number of carbonyl (C=O) groups excluding carboxylic acids is 2. The molecular formula is C29H32FN3O5S. The minimum atomic E-state index is -3.54. The van der Waals surface area contributed by atoms with Crippen LogP contribution in [0, 0.1) is 11.7 Å². The summed E-state index contributed by atoms with van der Waals surface area (Å²) in [7, 11) is -1.99. The molecule has 8 nitrogen and oxygen atoms in total. The number of hydrogen-bond acceptors (Lipinski definition) is 6. The molecule has 1 amide bonds. The van der Waals surface area contributed by atoms with E-state index < -0.39 is 15.8 Å². The van der Waals surface area contributed by atoms with Gasteiger partial charge in [-0.05, 0) is 74.4 Å². The molecule has 4 rings (SSSR count). The number of sulfonamides is 1. The first-order valence-corrected chi connectivity index (χ1v) is 14.6. The summed E-state index contributed by atoms with van der Waals surface area (Å²) in [5.41, 5.74) is 2.43.